The van der Waals surface area contributed by atoms with Gasteiger partial charge in [-0.2, -0.15) is 0 Å². The minimum absolute atomic E-state index is 0.0213. The van der Waals surface area contributed by atoms with Crippen molar-refractivity contribution < 1.29 is 9.59 Å². The first kappa shape index (κ1) is 16.0. The lowest BCUT2D eigenvalue weighted by Crippen LogP contribution is -2.65. The van der Waals surface area contributed by atoms with Crippen molar-refractivity contribution in [2.24, 2.45) is 11.8 Å². The maximum Gasteiger partial charge on any atom is 0.245 e. The molecule has 110 valence electrons. The smallest absolute Gasteiger partial charge is 0.245 e. The minimum atomic E-state index is -0.334. The van der Waals surface area contributed by atoms with Crippen LogP contribution in [0.3, 0.4) is 0 Å². The largest absolute Gasteiger partial charge is 0.342 e. The van der Waals surface area contributed by atoms with Crippen LogP contribution in [0, 0.1) is 11.8 Å². The molecule has 0 aromatic rings. The predicted molar refractivity (Wildman–Crippen MR) is 76.6 cm³/mol. The molecule has 3 atom stereocenters. The van der Waals surface area contributed by atoms with Gasteiger partial charge in [0.1, 0.15) is 12.1 Å². The van der Waals surface area contributed by atoms with E-state index in [1.807, 2.05) is 13.8 Å². The van der Waals surface area contributed by atoms with Crippen LogP contribution in [0.5, 0.6) is 0 Å². The Kier molecular flexibility index (Phi) is 5.83. The predicted octanol–water partition coefficient (Wildman–Crippen LogP) is 2.18. The SMILES string of the molecule is CCCN1C(=O)C(CC(C)C)NC(=O)C1C(C)CC. The molecular formula is C15H28N2O2. The van der Waals surface area contributed by atoms with Crippen molar-refractivity contribution in [1.82, 2.24) is 10.2 Å². The zero-order chi connectivity index (χ0) is 14.6. The molecule has 3 unspecified atom stereocenters. The number of nitrogens with zero attached hydrogens (tertiary/aromatic N) is 1. The lowest BCUT2D eigenvalue weighted by molar-refractivity contribution is -0.152. The molecule has 4 heteroatoms. The average molecular weight is 268 g/mol. The standard InChI is InChI=1S/C15H28N2O2/c1-6-8-17-13(11(5)7-2)14(18)16-12(15(17)19)9-10(3)4/h10-13H,6-9H2,1-5H3,(H,16,18). The number of carbonyl (C=O) groups excluding carboxylic acids is 2. The van der Waals surface area contributed by atoms with E-state index in [4.69, 9.17) is 0 Å². The fraction of sp³-hybridized carbons (Fsp3) is 0.867. The highest BCUT2D eigenvalue weighted by Gasteiger charge is 2.41. The topological polar surface area (TPSA) is 49.4 Å². The fourth-order valence-corrected chi connectivity index (χ4v) is 2.71. The van der Waals surface area contributed by atoms with Gasteiger partial charge in [0, 0.05) is 6.54 Å². The molecule has 1 saturated heterocycles. The number of amides is 2. The van der Waals surface area contributed by atoms with Crippen LogP contribution >= 0.6 is 0 Å². The molecule has 0 radical (unpaired) electrons. The van der Waals surface area contributed by atoms with Crippen molar-refractivity contribution in [2.75, 3.05) is 6.54 Å². The Morgan fingerprint density at radius 1 is 1.21 bits per heavy atom. The summed E-state index contributed by atoms with van der Waals surface area (Å²) >= 11 is 0. The third-order valence-electron chi connectivity index (χ3n) is 3.86. The number of hydrogen-bond acceptors (Lipinski definition) is 2. The molecule has 19 heavy (non-hydrogen) atoms. The van der Waals surface area contributed by atoms with E-state index in [-0.39, 0.29) is 29.8 Å². The third-order valence-corrected chi connectivity index (χ3v) is 3.86. The van der Waals surface area contributed by atoms with Crippen molar-refractivity contribution in [3.8, 4) is 0 Å². The molecular weight excluding hydrogens is 240 g/mol. The average Bonchev–Trinajstić information content (AvgIpc) is 2.34. The van der Waals surface area contributed by atoms with Gasteiger partial charge in [-0.1, -0.05) is 41.0 Å². The lowest BCUT2D eigenvalue weighted by atomic mass is 9.91. The summed E-state index contributed by atoms with van der Waals surface area (Å²) in [4.78, 5) is 26.7. The van der Waals surface area contributed by atoms with E-state index in [9.17, 15) is 9.59 Å². The van der Waals surface area contributed by atoms with Crippen LogP contribution in [0.1, 0.15) is 53.9 Å². The number of hydrogen-bond donors (Lipinski definition) is 1. The summed E-state index contributed by atoms with van der Waals surface area (Å²) in [5.74, 6) is 0.724. The van der Waals surface area contributed by atoms with E-state index in [1.165, 1.54) is 0 Å². The number of nitrogens with one attached hydrogen (secondary N) is 1. The quantitative estimate of drug-likeness (QED) is 0.802. The first-order chi connectivity index (χ1) is 8.92. The van der Waals surface area contributed by atoms with Crippen molar-refractivity contribution in [1.29, 1.82) is 0 Å². The van der Waals surface area contributed by atoms with Crippen LogP contribution in [0.25, 0.3) is 0 Å². The molecule has 0 spiro atoms. The van der Waals surface area contributed by atoms with Crippen molar-refractivity contribution in [3.05, 3.63) is 0 Å². The molecule has 1 heterocycles. The van der Waals surface area contributed by atoms with E-state index in [0.29, 0.717) is 12.5 Å². The Bertz CT molecular complexity index is 328. The number of rotatable bonds is 6. The molecule has 2 amide bonds. The summed E-state index contributed by atoms with van der Waals surface area (Å²) < 4.78 is 0. The van der Waals surface area contributed by atoms with Gasteiger partial charge in [-0.05, 0) is 24.7 Å². The molecule has 1 aliphatic heterocycles. The highest BCUT2D eigenvalue weighted by Crippen LogP contribution is 2.22. The highest BCUT2D eigenvalue weighted by atomic mass is 16.2. The lowest BCUT2D eigenvalue weighted by Gasteiger charge is -2.41. The van der Waals surface area contributed by atoms with E-state index in [2.05, 4.69) is 26.1 Å². The number of piperazine rings is 1. The zero-order valence-corrected chi connectivity index (χ0v) is 12.9. The second kappa shape index (κ2) is 6.92. The Morgan fingerprint density at radius 3 is 2.32 bits per heavy atom. The highest BCUT2D eigenvalue weighted by molar-refractivity contribution is 5.97. The van der Waals surface area contributed by atoms with Crippen LogP contribution in [-0.4, -0.2) is 35.3 Å². The normalized spacial score (nSPS) is 25.7. The molecule has 1 rings (SSSR count). The van der Waals surface area contributed by atoms with E-state index in [0.717, 1.165) is 19.3 Å². The Labute approximate surface area is 116 Å². The Balaban J connectivity index is 2.92. The van der Waals surface area contributed by atoms with Crippen LogP contribution in [0.4, 0.5) is 0 Å². The van der Waals surface area contributed by atoms with Crippen molar-refractivity contribution in [3.63, 3.8) is 0 Å². The van der Waals surface area contributed by atoms with Crippen molar-refractivity contribution >= 4 is 11.8 Å². The molecule has 0 bridgehead atoms. The first-order valence-corrected chi connectivity index (χ1v) is 7.53. The van der Waals surface area contributed by atoms with Gasteiger partial charge >= 0.3 is 0 Å². The maximum absolute atomic E-state index is 12.5. The van der Waals surface area contributed by atoms with Gasteiger partial charge in [0.2, 0.25) is 11.8 Å². The van der Waals surface area contributed by atoms with Crippen molar-refractivity contribution in [2.45, 2.75) is 66.0 Å². The second-order valence-electron chi connectivity index (χ2n) is 6.05. The molecule has 0 aliphatic carbocycles. The van der Waals surface area contributed by atoms with E-state index < -0.39 is 0 Å². The van der Waals surface area contributed by atoms with Gasteiger partial charge in [0.05, 0.1) is 0 Å². The number of carbonyl (C=O) groups is 2. The molecule has 0 saturated carbocycles. The molecule has 1 aliphatic rings. The monoisotopic (exact) mass is 268 g/mol. The summed E-state index contributed by atoms with van der Waals surface area (Å²) in [6, 6.07) is -0.625. The summed E-state index contributed by atoms with van der Waals surface area (Å²) in [5, 5.41) is 2.92. The maximum atomic E-state index is 12.5. The van der Waals surface area contributed by atoms with Crippen LogP contribution in [0.15, 0.2) is 0 Å². The summed E-state index contributed by atoms with van der Waals surface area (Å²) in [6.45, 7) is 11.0. The molecule has 0 aromatic carbocycles. The van der Waals surface area contributed by atoms with Gasteiger partial charge < -0.3 is 10.2 Å². The first-order valence-electron chi connectivity index (χ1n) is 7.53. The summed E-state index contributed by atoms with van der Waals surface area (Å²) in [6.07, 6.45) is 2.51. The van der Waals surface area contributed by atoms with Crippen LogP contribution < -0.4 is 5.32 Å². The van der Waals surface area contributed by atoms with Gasteiger partial charge in [-0.3, -0.25) is 9.59 Å². The summed E-state index contributed by atoms with van der Waals surface area (Å²) in [5.41, 5.74) is 0. The second-order valence-corrected chi connectivity index (χ2v) is 6.05. The minimum Gasteiger partial charge on any atom is -0.342 e. The van der Waals surface area contributed by atoms with Crippen LogP contribution in [0.2, 0.25) is 0 Å². The van der Waals surface area contributed by atoms with Crippen LogP contribution in [-0.2, 0) is 9.59 Å². The Hall–Kier alpha value is -1.06. The van der Waals surface area contributed by atoms with Gasteiger partial charge in [-0.15, -0.1) is 0 Å². The molecule has 1 fully saturated rings. The van der Waals surface area contributed by atoms with Gasteiger partial charge in [-0.25, -0.2) is 0 Å². The fourth-order valence-electron chi connectivity index (χ4n) is 2.71. The molecule has 4 nitrogen and oxygen atoms in total. The Morgan fingerprint density at radius 2 is 1.84 bits per heavy atom. The van der Waals surface area contributed by atoms with Gasteiger partial charge in [0.25, 0.3) is 0 Å². The molecule has 1 N–H and O–H groups in total. The van der Waals surface area contributed by atoms with E-state index >= 15 is 0 Å². The zero-order valence-electron chi connectivity index (χ0n) is 12.9. The summed E-state index contributed by atoms with van der Waals surface area (Å²) in [7, 11) is 0. The van der Waals surface area contributed by atoms with E-state index in [1.54, 1.807) is 4.90 Å². The molecule has 0 aromatic heterocycles. The third kappa shape index (κ3) is 3.71. The van der Waals surface area contributed by atoms with Gasteiger partial charge in [0.15, 0.2) is 0 Å².